The molecule has 112 valence electrons. The molecule has 0 saturated heterocycles. The van der Waals surface area contributed by atoms with Crippen LogP contribution in [-0.2, 0) is 6.54 Å². The molecule has 1 aromatic heterocycles. The minimum Gasteiger partial charge on any atom is -0.493 e. The van der Waals surface area contributed by atoms with Crippen LogP contribution in [0.4, 0.5) is 0 Å². The molecule has 0 bridgehead atoms. The molecule has 0 aliphatic heterocycles. The van der Waals surface area contributed by atoms with Gasteiger partial charge in [0, 0.05) is 25.4 Å². The van der Waals surface area contributed by atoms with E-state index < -0.39 is 5.60 Å². The molecule has 1 heterocycles. The molecule has 1 fully saturated rings. The molecule has 20 heavy (non-hydrogen) atoms. The number of hydrogen-bond acceptors (Lipinski definition) is 5. The number of nitrogens with zero attached hydrogens (tertiary/aromatic N) is 2. The van der Waals surface area contributed by atoms with Crippen LogP contribution in [-0.4, -0.2) is 48.4 Å². The molecular formula is C15H24N2O3. The van der Waals surface area contributed by atoms with Crippen LogP contribution in [0, 0.1) is 0 Å². The standard InChI is InChI=1S/C15H24N2O3/c1-17(11-15(18)7-4-5-8-15)10-12-14(20-3)13(19-2)6-9-16-12/h6,9,18H,4-5,7-8,10-11H2,1-3H3. The highest BCUT2D eigenvalue weighted by Crippen LogP contribution is 2.32. The third kappa shape index (κ3) is 3.41. The number of pyridine rings is 1. The molecule has 0 radical (unpaired) electrons. The summed E-state index contributed by atoms with van der Waals surface area (Å²) in [6, 6.07) is 1.78. The number of rotatable bonds is 6. The fourth-order valence-corrected chi connectivity index (χ4v) is 2.97. The number of methoxy groups -OCH3 is 2. The number of likely N-dealkylation sites (N-methyl/N-ethyl adjacent to an activating group) is 1. The third-order valence-corrected chi connectivity index (χ3v) is 3.88. The van der Waals surface area contributed by atoms with Gasteiger partial charge in [-0.2, -0.15) is 0 Å². The highest BCUT2D eigenvalue weighted by atomic mass is 16.5. The van der Waals surface area contributed by atoms with E-state index in [2.05, 4.69) is 9.88 Å². The van der Waals surface area contributed by atoms with Crippen LogP contribution in [0.1, 0.15) is 31.4 Å². The number of hydrogen-bond donors (Lipinski definition) is 1. The van der Waals surface area contributed by atoms with Gasteiger partial charge in [-0.1, -0.05) is 12.8 Å². The van der Waals surface area contributed by atoms with E-state index in [9.17, 15) is 5.11 Å². The van der Waals surface area contributed by atoms with E-state index in [1.165, 1.54) is 0 Å². The quantitative estimate of drug-likeness (QED) is 0.861. The first kappa shape index (κ1) is 15.1. The average molecular weight is 280 g/mol. The highest BCUT2D eigenvalue weighted by Gasteiger charge is 2.32. The summed E-state index contributed by atoms with van der Waals surface area (Å²) >= 11 is 0. The Morgan fingerprint density at radius 3 is 2.60 bits per heavy atom. The van der Waals surface area contributed by atoms with Crippen LogP contribution < -0.4 is 9.47 Å². The molecule has 0 atom stereocenters. The highest BCUT2D eigenvalue weighted by molar-refractivity contribution is 5.42. The number of ether oxygens (including phenoxy) is 2. The Morgan fingerprint density at radius 1 is 1.30 bits per heavy atom. The van der Waals surface area contributed by atoms with Gasteiger partial charge >= 0.3 is 0 Å². The maximum atomic E-state index is 10.4. The second kappa shape index (κ2) is 6.41. The maximum Gasteiger partial charge on any atom is 0.183 e. The average Bonchev–Trinajstić information content (AvgIpc) is 2.84. The second-order valence-corrected chi connectivity index (χ2v) is 5.60. The largest absolute Gasteiger partial charge is 0.493 e. The van der Waals surface area contributed by atoms with Crippen LogP contribution in [0.15, 0.2) is 12.3 Å². The fraction of sp³-hybridized carbons (Fsp3) is 0.667. The van der Waals surface area contributed by atoms with Crippen molar-refractivity contribution in [2.24, 2.45) is 0 Å². The monoisotopic (exact) mass is 280 g/mol. The summed E-state index contributed by atoms with van der Waals surface area (Å²) < 4.78 is 10.7. The number of aliphatic hydroxyl groups is 1. The van der Waals surface area contributed by atoms with Gasteiger partial charge in [-0.3, -0.25) is 9.88 Å². The van der Waals surface area contributed by atoms with Gasteiger partial charge in [0.1, 0.15) is 5.69 Å². The predicted molar refractivity (Wildman–Crippen MR) is 77.1 cm³/mol. The summed E-state index contributed by atoms with van der Waals surface area (Å²) in [5.41, 5.74) is 0.289. The normalized spacial score (nSPS) is 17.4. The lowest BCUT2D eigenvalue weighted by Gasteiger charge is -2.28. The first-order valence-electron chi connectivity index (χ1n) is 7.05. The molecule has 0 aromatic carbocycles. The van der Waals surface area contributed by atoms with Gasteiger partial charge in [0.2, 0.25) is 0 Å². The Bertz CT molecular complexity index is 445. The van der Waals surface area contributed by atoms with Crippen molar-refractivity contribution in [3.05, 3.63) is 18.0 Å². The zero-order valence-corrected chi connectivity index (χ0v) is 12.6. The predicted octanol–water partition coefficient (Wildman–Crippen LogP) is 1.84. The second-order valence-electron chi connectivity index (χ2n) is 5.60. The Labute approximate surface area is 120 Å². The van der Waals surface area contributed by atoms with Crippen molar-refractivity contribution in [3.8, 4) is 11.5 Å². The molecule has 5 nitrogen and oxygen atoms in total. The lowest BCUT2D eigenvalue weighted by molar-refractivity contribution is 0.0141. The van der Waals surface area contributed by atoms with E-state index >= 15 is 0 Å². The van der Waals surface area contributed by atoms with E-state index in [0.717, 1.165) is 31.4 Å². The Kier molecular flexibility index (Phi) is 4.83. The van der Waals surface area contributed by atoms with Gasteiger partial charge in [0.25, 0.3) is 0 Å². The third-order valence-electron chi connectivity index (χ3n) is 3.88. The Morgan fingerprint density at radius 2 is 2.00 bits per heavy atom. The Hall–Kier alpha value is -1.33. The smallest absolute Gasteiger partial charge is 0.183 e. The first-order valence-corrected chi connectivity index (χ1v) is 7.05. The lowest BCUT2D eigenvalue weighted by Crippen LogP contribution is -2.39. The zero-order valence-electron chi connectivity index (χ0n) is 12.6. The van der Waals surface area contributed by atoms with E-state index in [1.54, 1.807) is 26.5 Å². The Balaban J connectivity index is 2.05. The van der Waals surface area contributed by atoms with Crippen molar-refractivity contribution in [2.45, 2.75) is 37.8 Å². The summed E-state index contributed by atoms with van der Waals surface area (Å²) in [5.74, 6) is 1.35. The van der Waals surface area contributed by atoms with Gasteiger partial charge in [0.15, 0.2) is 11.5 Å². The molecule has 2 rings (SSSR count). The molecular weight excluding hydrogens is 256 g/mol. The minimum absolute atomic E-state index is 0.541. The van der Waals surface area contributed by atoms with Crippen LogP contribution in [0.2, 0.25) is 0 Å². The first-order chi connectivity index (χ1) is 9.58. The summed E-state index contributed by atoms with van der Waals surface area (Å²) in [6.07, 6.45) is 5.73. The van der Waals surface area contributed by atoms with E-state index in [0.29, 0.717) is 24.6 Å². The van der Waals surface area contributed by atoms with Crippen LogP contribution >= 0.6 is 0 Å². The summed E-state index contributed by atoms with van der Waals surface area (Å²) in [7, 11) is 5.23. The topological polar surface area (TPSA) is 54.8 Å². The van der Waals surface area contributed by atoms with Crippen molar-refractivity contribution in [1.29, 1.82) is 0 Å². The minimum atomic E-state index is -0.541. The zero-order chi connectivity index (χ0) is 14.6. The van der Waals surface area contributed by atoms with Crippen LogP contribution in [0.3, 0.4) is 0 Å². The van der Waals surface area contributed by atoms with Gasteiger partial charge in [-0.25, -0.2) is 0 Å². The molecule has 1 aliphatic carbocycles. The summed E-state index contributed by atoms with van der Waals surface area (Å²) in [6.45, 7) is 1.29. The van der Waals surface area contributed by atoms with Gasteiger partial charge in [0.05, 0.1) is 19.8 Å². The van der Waals surface area contributed by atoms with Gasteiger partial charge in [-0.05, 0) is 19.9 Å². The van der Waals surface area contributed by atoms with Crippen molar-refractivity contribution in [2.75, 3.05) is 27.8 Å². The summed E-state index contributed by atoms with van der Waals surface area (Å²) in [4.78, 5) is 6.46. The lowest BCUT2D eigenvalue weighted by atomic mass is 10.0. The van der Waals surface area contributed by atoms with E-state index in [4.69, 9.17) is 9.47 Å². The van der Waals surface area contributed by atoms with E-state index in [1.807, 2.05) is 7.05 Å². The van der Waals surface area contributed by atoms with Crippen molar-refractivity contribution in [3.63, 3.8) is 0 Å². The van der Waals surface area contributed by atoms with Gasteiger partial charge < -0.3 is 14.6 Å². The van der Waals surface area contributed by atoms with Crippen molar-refractivity contribution < 1.29 is 14.6 Å². The molecule has 0 amide bonds. The van der Waals surface area contributed by atoms with Crippen molar-refractivity contribution >= 4 is 0 Å². The molecule has 0 spiro atoms. The van der Waals surface area contributed by atoms with Gasteiger partial charge in [-0.15, -0.1) is 0 Å². The van der Waals surface area contributed by atoms with Crippen LogP contribution in [0.5, 0.6) is 11.5 Å². The summed E-state index contributed by atoms with van der Waals surface area (Å²) in [5, 5.41) is 10.4. The number of aromatic nitrogens is 1. The molecule has 1 aromatic rings. The molecule has 1 saturated carbocycles. The molecule has 1 aliphatic rings. The molecule has 5 heteroatoms. The molecule has 0 unspecified atom stereocenters. The van der Waals surface area contributed by atoms with E-state index in [-0.39, 0.29) is 0 Å². The van der Waals surface area contributed by atoms with Crippen molar-refractivity contribution in [1.82, 2.24) is 9.88 Å². The van der Waals surface area contributed by atoms with Crippen LogP contribution in [0.25, 0.3) is 0 Å². The SMILES string of the molecule is COc1ccnc(CN(C)CC2(O)CCCC2)c1OC. The maximum absolute atomic E-state index is 10.4. The molecule has 1 N–H and O–H groups in total. The fourth-order valence-electron chi connectivity index (χ4n) is 2.97.